The molecule has 0 spiro atoms. The van der Waals surface area contributed by atoms with Crippen molar-refractivity contribution < 1.29 is 9.59 Å². The summed E-state index contributed by atoms with van der Waals surface area (Å²) in [5, 5.41) is 2.56. The SMILES string of the molecule is CC(=O)NCSC[C@H](N)C(N)=O.Cl. The Labute approximate surface area is 87.4 Å². The van der Waals surface area contributed by atoms with Crippen LogP contribution in [0.3, 0.4) is 0 Å². The number of carbonyl (C=O) groups is 2. The van der Waals surface area contributed by atoms with Gasteiger partial charge in [0.25, 0.3) is 0 Å². The molecule has 0 saturated carbocycles. The fraction of sp³-hybridized carbons (Fsp3) is 0.667. The van der Waals surface area contributed by atoms with E-state index in [4.69, 9.17) is 11.5 Å². The first-order valence-corrected chi connectivity index (χ1v) is 4.56. The monoisotopic (exact) mass is 227 g/mol. The van der Waals surface area contributed by atoms with Crippen LogP contribution in [0.1, 0.15) is 6.92 Å². The van der Waals surface area contributed by atoms with E-state index in [0.29, 0.717) is 11.6 Å². The van der Waals surface area contributed by atoms with Gasteiger partial charge in [-0.15, -0.1) is 24.2 Å². The highest BCUT2D eigenvalue weighted by atomic mass is 35.5. The zero-order valence-electron chi connectivity index (χ0n) is 7.28. The molecule has 2 amide bonds. The molecule has 0 aliphatic heterocycles. The van der Waals surface area contributed by atoms with Crippen LogP contribution in [-0.2, 0) is 9.59 Å². The molecule has 0 fully saturated rings. The summed E-state index contributed by atoms with van der Waals surface area (Å²) in [6, 6.07) is -0.635. The molecular formula is C6H14ClN3O2S. The zero-order valence-corrected chi connectivity index (χ0v) is 8.91. The predicted molar refractivity (Wildman–Crippen MR) is 55.6 cm³/mol. The molecule has 0 radical (unpaired) electrons. The molecule has 1 atom stereocenters. The maximum Gasteiger partial charge on any atom is 0.235 e. The van der Waals surface area contributed by atoms with E-state index < -0.39 is 11.9 Å². The molecule has 0 aromatic carbocycles. The molecule has 7 heteroatoms. The van der Waals surface area contributed by atoms with Crippen LogP contribution in [0.4, 0.5) is 0 Å². The fourth-order valence-electron chi connectivity index (χ4n) is 0.421. The smallest absolute Gasteiger partial charge is 0.235 e. The van der Waals surface area contributed by atoms with Crippen molar-refractivity contribution in [2.45, 2.75) is 13.0 Å². The molecule has 5 nitrogen and oxygen atoms in total. The van der Waals surface area contributed by atoms with Crippen LogP contribution in [0, 0.1) is 0 Å². The van der Waals surface area contributed by atoms with Gasteiger partial charge in [-0.25, -0.2) is 0 Å². The molecule has 0 aliphatic carbocycles. The minimum atomic E-state index is -0.635. The topological polar surface area (TPSA) is 98.2 Å². The third-order valence-corrected chi connectivity index (χ3v) is 2.03. The van der Waals surface area contributed by atoms with Crippen molar-refractivity contribution in [1.82, 2.24) is 5.32 Å². The lowest BCUT2D eigenvalue weighted by molar-refractivity contribution is -0.119. The third-order valence-electron chi connectivity index (χ3n) is 1.09. The Kier molecular flexibility index (Phi) is 9.43. The maximum absolute atomic E-state index is 10.4. The summed E-state index contributed by atoms with van der Waals surface area (Å²) in [5.41, 5.74) is 10.2. The van der Waals surface area contributed by atoms with Crippen LogP contribution in [0.15, 0.2) is 0 Å². The van der Waals surface area contributed by atoms with Gasteiger partial charge in [-0.2, -0.15) is 0 Å². The number of primary amides is 1. The Bertz CT molecular complexity index is 179. The molecule has 78 valence electrons. The summed E-state index contributed by atoms with van der Waals surface area (Å²) in [5.74, 6) is 0.256. The van der Waals surface area contributed by atoms with Crippen molar-refractivity contribution in [1.29, 1.82) is 0 Å². The Morgan fingerprint density at radius 1 is 1.54 bits per heavy atom. The van der Waals surface area contributed by atoms with Gasteiger partial charge in [0, 0.05) is 12.7 Å². The molecule has 0 rings (SSSR count). The molecule has 0 aromatic rings. The first-order valence-electron chi connectivity index (χ1n) is 3.41. The molecule has 0 aromatic heterocycles. The third kappa shape index (κ3) is 9.45. The molecular weight excluding hydrogens is 214 g/mol. The average molecular weight is 228 g/mol. The summed E-state index contributed by atoms with van der Waals surface area (Å²) in [6.45, 7) is 1.43. The van der Waals surface area contributed by atoms with E-state index in [9.17, 15) is 9.59 Å². The van der Waals surface area contributed by atoms with Crippen LogP contribution in [0.25, 0.3) is 0 Å². The van der Waals surface area contributed by atoms with Crippen molar-refractivity contribution in [3.63, 3.8) is 0 Å². The second-order valence-corrected chi connectivity index (χ2v) is 3.29. The van der Waals surface area contributed by atoms with Gasteiger partial charge in [-0.1, -0.05) is 0 Å². The van der Waals surface area contributed by atoms with E-state index in [2.05, 4.69) is 5.32 Å². The van der Waals surface area contributed by atoms with Gasteiger partial charge >= 0.3 is 0 Å². The lowest BCUT2D eigenvalue weighted by Gasteiger charge is -2.06. The van der Waals surface area contributed by atoms with Gasteiger partial charge in [-0.05, 0) is 0 Å². The van der Waals surface area contributed by atoms with Crippen LogP contribution >= 0.6 is 24.2 Å². The number of halogens is 1. The van der Waals surface area contributed by atoms with Crippen LogP contribution in [0.2, 0.25) is 0 Å². The quantitative estimate of drug-likeness (QED) is 0.417. The Balaban J connectivity index is 0. The summed E-state index contributed by atoms with van der Waals surface area (Å²) in [4.78, 5) is 20.8. The van der Waals surface area contributed by atoms with Crippen molar-refractivity contribution in [2.24, 2.45) is 11.5 Å². The molecule has 13 heavy (non-hydrogen) atoms. The molecule has 0 saturated heterocycles. The van der Waals surface area contributed by atoms with E-state index in [-0.39, 0.29) is 18.3 Å². The minimum Gasteiger partial charge on any atom is -0.368 e. The molecule has 5 N–H and O–H groups in total. The van der Waals surface area contributed by atoms with E-state index in [1.807, 2.05) is 0 Å². The normalized spacial score (nSPS) is 11.2. The van der Waals surface area contributed by atoms with E-state index in [0.717, 1.165) is 0 Å². The lowest BCUT2D eigenvalue weighted by Crippen LogP contribution is -2.38. The molecule has 0 bridgehead atoms. The number of rotatable bonds is 5. The van der Waals surface area contributed by atoms with Crippen molar-refractivity contribution in [2.75, 3.05) is 11.6 Å². The number of thioether (sulfide) groups is 1. The van der Waals surface area contributed by atoms with Gasteiger partial charge in [-0.3, -0.25) is 9.59 Å². The predicted octanol–water partition coefficient (Wildman–Crippen LogP) is -0.952. The molecule has 0 heterocycles. The largest absolute Gasteiger partial charge is 0.368 e. The summed E-state index contributed by atoms with van der Waals surface area (Å²) < 4.78 is 0. The number of amides is 2. The average Bonchev–Trinajstić information content (AvgIpc) is 1.97. The number of hydrogen-bond acceptors (Lipinski definition) is 4. The Morgan fingerprint density at radius 3 is 2.46 bits per heavy atom. The van der Waals surface area contributed by atoms with Crippen LogP contribution in [-0.4, -0.2) is 29.5 Å². The highest BCUT2D eigenvalue weighted by molar-refractivity contribution is 7.99. The van der Waals surface area contributed by atoms with Gasteiger partial charge < -0.3 is 16.8 Å². The van der Waals surface area contributed by atoms with E-state index in [1.54, 1.807) is 0 Å². The zero-order chi connectivity index (χ0) is 9.56. The van der Waals surface area contributed by atoms with Gasteiger partial charge in [0.15, 0.2) is 0 Å². The standard InChI is InChI=1S/C6H13N3O2S.ClH/c1-4(10)9-3-12-2-5(7)6(8)11;/h5H,2-3,7H2,1H3,(H2,8,11)(H,9,10);1H/t5-;/m0./s1. The fourth-order valence-corrected chi connectivity index (χ4v) is 1.26. The second-order valence-electron chi connectivity index (χ2n) is 2.26. The van der Waals surface area contributed by atoms with Crippen molar-refractivity contribution in [3.8, 4) is 0 Å². The highest BCUT2D eigenvalue weighted by Crippen LogP contribution is 1.98. The Hall–Kier alpha value is -0.460. The van der Waals surface area contributed by atoms with Crippen LogP contribution in [0.5, 0.6) is 0 Å². The molecule has 0 unspecified atom stereocenters. The second kappa shape index (κ2) is 8.15. The summed E-state index contributed by atoms with van der Waals surface area (Å²) in [6.07, 6.45) is 0. The minimum absolute atomic E-state index is 0. The number of hydrogen-bond donors (Lipinski definition) is 3. The highest BCUT2D eigenvalue weighted by Gasteiger charge is 2.07. The first-order chi connectivity index (χ1) is 5.54. The first kappa shape index (κ1) is 15.0. The van der Waals surface area contributed by atoms with Gasteiger partial charge in [0.2, 0.25) is 11.8 Å². The van der Waals surface area contributed by atoms with E-state index in [1.165, 1.54) is 18.7 Å². The Morgan fingerprint density at radius 2 is 2.08 bits per heavy atom. The number of nitrogens with one attached hydrogen (secondary N) is 1. The molecule has 0 aliphatic rings. The van der Waals surface area contributed by atoms with E-state index >= 15 is 0 Å². The number of carbonyl (C=O) groups excluding carboxylic acids is 2. The maximum atomic E-state index is 10.4. The summed E-state index contributed by atoms with van der Waals surface area (Å²) in [7, 11) is 0. The van der Waals surface area contributed by atoms with Crippen molar-refractivity contribution >= 4 is 36.0 Å². The summed E-state index contributed by atoms with van der Waals surface area (Å²) >= 11 is 1.36. The lowest BCUT2D eigenvalue weighted by atomic mass is 10.3. The van der Waals surface area contributed by atoms with Crippen molar-refractivity contribution in [3.05, 3.63) is 0 Å². The van der Waals surface area contributed by atoms with Gasteiger partial charge in [0.05, 0.1) is 11.9 Å². The number of nitrogens with two attached hydrogens (primary N) is 2. The van der Waals surface area contributed by atoms with Crippen LogP contribution < -0.4 is 16.8 Å². The van der Waals surface area contributed by atoms with Gasteiger partial charge in [0.1, 0.15) is 0 Å².